The van der Waals surface area contributed by atoms with Crippen LogP contribution in [0.2, 0.25) is 0 Å². The number of carbonyl (C=O) groups is 1. The van der Waals surface area contributed by atoms with Crippen LogP contribution in [0.1, 0.15) is 23.2 Å². The highest BCUT2D eigenvalue weighted by atomic mass is 127. The molecule has 0 saturated carbocycles. The number of hydrogen-bond donors (Lipinski definition) is 0. The smallest absolute Gasteiger partial charge is 0.186 e. The summed E-state index contributed by atoms with van der Waals surface area (Å²) in [7, 11) is -3.49. The average Bonchev–Trinajstić information content (AvgIpc) is 2.95. The molecule has 4 unspecified atom stereocenters. The fourth-order valence-corrected chi connectivity index (χ4v) is 8.82. The highest BCUT2D eigenvalue weighted by Crippen LogP contribution is 2.50. The Balaban J connectivity index is 2.03. The third-order valence-corrected chi connectivity index (χ3v) is 8.59. The molecular formula is C13H10I2O4S. The lowest BCUT2D eigenvalue weighted by Crippen LogP contribution is -2.47. The molecule has 0 amide bonds. The standard InChI is InChI=1S/C13H10I2O4S/c14-5-3-6-11(16)10-8-1-2-9(19-8)13(10)20(17,18)12(6)7(15)4-5/h3-4,8-10,13H,1-2H2. The van der Waals surface area contributed by atoms with E-state index >= 15 is 0 Å². The van der Waals surface area contributed by atoms with E-state index in [2.05, 4.69) is 22.6 Å². The van der Waals surface area contributed by atoms with Crippen molar-refractivity contribution in [3.05, 3.63) is 24.8 Å². The molecule has 4 rings (SSSR count). The van der Waals surface area contributed by atoms with Crippen LogP contribution in [0.3, 0.4) is 0 Å². The SMILES string of the molecule is O=C1c2cc(I)cc(I)c2S(=O)(=O)C2C3CCC(O3)C12. The largest absolute Gasteiger partial charge is 0.373 e. The molecule has 2 bridgehead atoms. The van der Waals surface area contributed by atoms with Crippen molar-refractivity contribution in [2.75, 3.05) is 0 Å². The van der Waals surface area contributed by atoms with E-state index < -0.39 is 21.0 Å². The van der Waals surface area contributed by atoms with Crippen LogP contribution in [0.25, 0.3) is 0 Å². The lowest BCUT2D eigenvalue weighted by molar-refractivity contribution is 0.0741. The fourth-order valence-electron chi connectivity index (χ4n) is 3.70. The van der Waals surface area contributed by atoms with E-state index in [1.54, 1.807) is 12.1 Å². The van der Waals surface area contributed by atoms with Gasteiger partial charge in [0.1, 0.15) is 5.25 Å². The molecule has 7 heteroatoms. The number of Topliss-reactive ketones (excluding diaryl/α,β-unsaturated/α-hetero) is 1. The minimum Gasteiger partial charge on any atom is -0.373 e. The highest BCUT2D eigenvalue weighted by Gasteiger charge is 2.61. The Morgan fingerprint density at radius 2 is 1.85 bits per heavy atom. The summed E-state index contributed by atoms with van der Waals surface area (Å²) in [6, 6.07) is 3.50. The van der Waals surface area contributed by atoms with Gasteiger partial charge in [-0.15, -0.1) is 0 Å². The zero-order chi connectivity index (χ0) is 14.2. The highest BCUT2D eigenvalue weighted by molar-refractivity contribution is 14.1. The van der Waals surface area contributed by atoms with Gasteiger partial charge >= 0.3 is 0 Å². The molecule has 3 heterocycles. The van der Waals surface area contributed by atoms with Crippen LogP contribution in [0, 0.1) is 13.1 Å². The van der Waals surface area contributed by atoms with Crippen molar-refractivity contribution < 1.29 is 17.9 Å². The van der Waals surface area contributed by atoms with E-state index in [9.17, 15) is 13.2 Å². The maximum Gasteiger partial charge on any atom is 0.186 e. The summed E-state index contributed by atoms with van der Waals surface area (Å²) in [5.41, 5.74) is 0.360. The predicted octanol–water partition coefficient (Wildman–Crippen LogP) is 2.41. The lowest BCUT2D eigenvalue weighted by Gasteiger charge is -2.32. The number of benzene rings is 1. The van der Waals surface area contributed by atoms with Gasteiger partial charge in [0.25, 0.3) is 0 Å². The maximum absolute atomic E-state index is 12.9. The molecule has 4 nitrogen and oxygen atoms in total. The lowest BCUT2D eigenvalue weighted by atomic mass is 9.83. The fraction of sp³-hybridized carbons (Fsp3) is 0.462. The van der Waals surface area contributed by atoms with Crippen molar-refractivity contribution >= 4 is 60.8 Å². The van der Waals surface area contributed by atoms with E-state index in [1.807, 2.05) is 22.6 Å². The monoisotopic (exact) mass is 516 g/mol. The van der Waals surface area contributed by atoms with Crippen molar-refractivity contribution in [2.24, 2.45) is 5.92 Å². The number of rotatable bonds is 0. The maximum atomic E-state index is 12.9. The first-order valence-corrected chi connectivity index (χ1v) is 10.0. The molecule has 106 valence electrons. The molecule has 2 saturated heterocycles. The number of ketones is 1. The minimum atomic E-state index is -3.49. The Bertz CT molecular complexity index is 743. The molecule has 3 aliphatic heterocycles. The second-order valence-electron chi connectivity index (χ2n) is 5.45. The Morgan fingerprint density at radius 1 is 1.15 bits per heavy atom. The van der Waals surface area contributed by atoms with Gasteiger partial charge in [-0.1, -0.05) is 0 Å². The van der Waals surface area contributed by atoms with E-state index in [4.69, 9.17) is 4.74 Å². The average molecular weight is 516 g/mol. The summed E-state index contributed by atoms with van der Waals surface area (Å²) < 4.78 is 33.1. The van der Waals surface area contributed by atoms with Crippen LogP contribution in [-0.4, -0.2) is 31.7 Å². The molecule has 0 aliphatic carbocycles. The molecule has 2 fully saturated rings. The zero-order valence-electron chi connectivity index (χ0n) is 10.2. The topological polar surface area (TPSA) is 60.4 Å². The van der Waals surface area contributed by atoms with Crippen molar-refractivity contribution in [1.82, 2.24) is 0 Å². The summed E-state index contributed by atoms with van der Waals surface area (Å²) in [5.74, 6) is -0.552. The van der Waals surface area contributed by atoms with Gasteiger partial charge in [-0.25, -0.2) is 8.42 Å². The summed E-state index contributed by atoms with van der Waals surface area (Å²) in [4.78, 5) is 13.0. The van der Waals surface area contributed by atoms with Gasteiger partial charge in [0.05, 0.1) is 23.0 Å². The van der Waals surface area contributed by atoms with Gasteiger partial charge in [0, 0.05) is 12.7 Å². The first-order chi connectivity index (χ1) is 9.41. The second-order valence-corrected chi connectivity index (χ2v) is 9.90. The van der Waals surface area contributed by atoms with Crippen LogP contribution in [0.5, 0.6) is 0 Å². The first-order valence-electron chi connectivity index (χ1n) is 6.34. The third-order valence-electron chi connectivity index (χ3n) is 4.43. The molecule has 0 N–H and O–H groups in total. The van der Waals surface area contributed by atoms with Crippen LogP contribution in [-0.2, 0) is 14.6 Å². The molecule has 20 heavy (non-hydrogen) atoms. The van der Waals surface area contributed by atoms with Crippen molar-refractivity contribution in [3.63, 3.8) is 0 Å². The number of carbonyl (C=O) groups excluding carboxylic acids is 1. The van der Waals surface area contributed by atoms with Crippen molar-refractivity contribution in [3.8, 4) is 0 Å². The molecule has 0 aromatic heterocycles. The number of sulfone groups is 1. The normalized spacial score (nSPS) is 36.8. The van der Waals surface area contributed by atoms with Crippen LogP contribution in [0.15, 0.2) is 17.0 Å². The van der Waals surface area contributed by atoms with E-state index in [0.29, 0.717) is 9.13 Å². The van der Waals surface area contributed by atoms with Crippen LogP contribution >= 0.6 is 45.2 Å². The van der Waals surface area contributed by atoms with Crippen molar-refractivity contribution in [2.45, 2.75) is 35.2 Å². The number of fused-ring (bicyclic) bond motifs is 6. The molecular weight excluding hydrogens is 506 g/mol. The van der Waals surface area contributed by atoms with Gasteiger partial charge in [-0.3, -0.25) is 4.79 Å². The van der Waals surface area contributed by atoms with Gasteiger partial charge in [-0.2, -0.15) is 0 Å². The Kier molecular flexibility index (Phi) is 3.05. The zero-order valence-corrected chi connectivity index (χ0v) is 15.3. The van der Waals surface area contributed by atoms with Gasteiger partial charge in [0.15, 0.2) is 15.6 Å². The van der Waals surface area contributed by atoms with Gasteiger partial charge in [-0.05, 0) is 70.2 Å². The predicted molar refractivity (Wildman–Crippen MR) is 88.6 cm³/mol. The second kappa shape index (κ2) is 4.39. The quantitative estimate of drug-likeness (QED) is 0.498. The van der Waals surface area contributed by atoms with E-state index in [-0.39, 0.29) is 22.9 Å². The third kappa shape index (κ3) is 1.66. The summed E-state index contributed by atoms with van der Waals surface area (Å²) in [6.45, 7) is 0. The molecule has 3 aliphatic rings. The van der Waals surface area contributed by atoms with E-state index in [0.717, 1.165) is 16.4 Å². The minimum absolute atomic E-state index is 0.0524. The summed E-state index contributed by atoms with van der Waals surface area (Å²) >= 11 is 4.12. The Labute approximate surface area is 143 Å². The van der Waals surface area contributed by atoms with Gasteiger partial charge < -0.3 is 4.74 Å². The number of ether oxygens (including phenoxy) is 1. The first kappa shape index (κ1) is 13.9. The summed E-state index contributed by atoms with van der Waals surface area (Å²) in [5, 5.41) is -0.671. The summed E-state index contributed by atoms with van der Waals surface area (Å²) in [6.07, 6.45) is 1.02. The Morgan fingerprint density at radius 3 is 2.60 bits per heavy atom. The Hall–Kier alpha value is 0.260. The molecule has 1 aromatic carbocycles. The number of hydrogen-bond acceptors (Lipinski definition) is 4. The molecule has 0 spiro atoms. The van der Waals surface area contributed by atoms with Gasteiger partial charge in [0.2, 0.25) is 0 Å². The van der Waals surface area contributed by atoms with E-state index in [1.165, 1.54) is 0 Å². The van der Waals surface area contributed by atoms with Crippen LogP contribution in [0.4, 0.5) is 0 Å². The molecule has 0 radical (unpaired) electrons. The molecule has 4 atom stereocenters. The number of halogens is 2. The van der Waals surface area contributed by atoms with Crippen LogP contribution < -0.4 is 0 Å². The van der Waals surface area contributed by atoms with Crippen molar-refractivity contribution in [1.29, 1.82) is 0 Å². The molecule has 1 aromatic rings.